The van der Waals surface area contributed by atoms with E-state index in [1.165, 1.54) is 0 Å². The largest absolute Gasteiger partial charge is 0.396 e. The Morgan fingerprint density at radius 3 is 2.00 bits per heavy atom. The number of hydrogen-bond donors (Lipinski definition) is 13. The standard InChI is InChI=1S/C29H52N2O18/c1-11(36)30-21(5-16(40)27(17(41)7-33)45-10-20-24(43)23(42)18(8-34)46-20)48-28-19(9-35)47-29(22(25(28)44)31-12(2)37)49-26-13(6-32)3-14(38)4-15(26)39/h13-29,32-35,38-44H,3-10H2,1-2H3,(H,30,36)(H,31,37)/t13-,14+,15?,16?,17-,18+,19+,20-,21-,22+,23?,24?,25?,26?,27?,28?,29?/m0/s1. The van der Waals surface area contributed by atoms with Crippen molar-refractivity contribution in [1.82, 2.24) is 10.6 Å². The Labute approximate surface area is 282 Å². The Bertz CT molecular complexity index is 1030. The second-order valence-electron chi connectivity index (χ2n) is 12.7. The Hall–Kier alpha value is -1.70. The summed E-state index contributed by atoms with van der Waals surface area (Å²) in [5.74, 6) is -2.04. The molecule has 0 bridgehead atoms. The number of hydrogen-bond acceptors (Lipinski definition) is 18. The number of rotatable bonds is 17. The normalized spacial score (nSPS) is 39.2. The lowest BCUT2D eigenvalue weighted by Gasteiger charge is -2.47. The van der Waals surface area contributed by atoms with Crippen molar-refractivity contribution >= 4 is 11.8 Å². The van der Waals surface area contributed by atoms with Gasteiger partial charge in [-0.05, 0) is 6.42 Å². The maximum atomic E-state index is 12.1. The summed E-state index contributed by atoms with van der Waals surface area (Å²) in [5, 5.41) is 118. The molecule has 0 aromatic heterocycles. The second kappa shape index (κ2) is 19.2. The minimum atomic E-state index is -1.72. The number of aliphatic hydroxyl groups is 11. The summed E-state index contributed by atoms with van der Waals surface area (Å²) in [6.45, 7) is -1.01. The van der Waals surface area contributed by atoms with Crippen LogP contribution in [0.3, 0.4) is 0 Å². The molecule has 2 amide bonds. The zero-order chi connectivity index (χ0) is 36.6. The maximum absolute atomic E-state index is 12.1. The second-order valence-corrected chi connectivity index (χ2v) is 12.7. The minimum Gasteiger partial charge on any atom is -0.396 e. The predicted octanol–water partition coefficient (Wildman–Crippen LogP) is -7.10. The highest BCUT2D eigenvalue weighted by Crippen LogP contribution is 2.33. The molecular formula is C29H52N2O18. The van der Waals surface area contributed by atoms with Gasteiger partial charge in [0.25, 0.3) is 0 Å². The lowest BCUT2D eigenvalue weighted by molar-refractivity contribution is -0.311. The van der Waals surface area contributed by atoms with Crippen LogP contribution in [0.5, 0.6) is 0 Å². The number of aliphatic hydroxyl groups excluding tert-OH is 11. The van der Waals surface area contributed by atoms with Crippen LogP contribution in [0.2, 0.25) is 0 Å². The Balaban J connectivity index is 1.78. The molecule has 0 spiro atoms. The fraction of sp³-hybridized carbons (Fsp3) is 0.931. The molecule has 1 saturated carbocycles. The van der Waals surface area contributed by atoms with Crippen molar-refractivity contribution in [2.75, 3.05) is 33.0 Å². The monoisotopic (exact) mass is 716 g/mol. The number of carbonyl (C=O) groups excluding carboxylic acids is 2. The van der Waals surface area contributed by atoms with Crippen molar-refractivity contribution < 1.29 is 89.4 Å². The molecular weight excluding hydrogens is 664 g/mol. The molecule has 3 rings (SSSR count). The van der Waals surface area contributed by atoms with Gasteiger partial charge >= 0.3 is 0 Å². The van der Waals surface area contributed by atoms with E-state index in [0.29, 0.717) is 0 Å². The first kappa shape index (κ1) is 41.7. The highest BCUT2D eigenvalue weighted by molar-refractivity contribution is 5.73. The molecule has 2 heterocycles. The molecule has 2 saturated heterocycles. The molecule has 3 aliphatic rings. The van der Waals surface area contributed by atoms with Crippen LogP contribution in [-0.2, 0) is 33.3 Å². The Kier molecular flexibility index (Phi) is 16.4. The van der Waals surface area contributed by atoms with Gasteiger partial charge in [0.2, 0.25) is 11.8 Å². The molecule has 17 atom stereocenters. The first-order valence-electron chi connectivity index (χ1n) is 16.1. The van der Waals surface area contributed by atoms with Crippen LogP contribution in [0, 0.1) is 5.92 Å². The van der Waals surface area contributed by atoms with Crippen molar-refractivity contribution in [3.8, 4) is 0 Å². The number of ether oxygens (including phenoxy) is 5. The van der Waals surface area contributed by atoms with Crippen LogP contribution in [-0.4, -0.2) is 199 Å². The van der Waals surface area contributed by atoms with E-state index in [-0.39, 0.29) is 12.8 Å². The van der Waals surface area contributed by atoms with Gasteiger partial charge in [0.05, 0.1) is 50.8 Å². The lowest BCUT2D eigenvalue weighted by Crippen LogP contribution is -2.67. The van der Waals surface area contributed by atoms with Gasteiger partial charge in [-0.2, -0.15) is 0 Å². The van der Waals surface area contributed by atoms with Gasteiger partial charge in [0, 0.05) is 39.2 Å². The highest BCUT2D eigenvalue weighted by Gasteiger charge is 2.50. The summed E-state index contributed by atoms with van der Waals surface area (Å²) in [7, 11) is 0. The average molecular weight is 717 g/mol. The number of amides is 2. The van der Waals surface area contributed by atoms with E-state index in [1.54, 1.807) is 0 Å². The van der Waals surface area contributed by atoms with Crippen molar-refractivity contribution in [2.45, 2.75) is 131 Å². The third-order valence-corrected chi connectivity index (χ3v) is 8.86. The van der Waals surface area contributed by atoms with Crippen LogP contribution in [0.25, 0.3) is 0 Å². The van der Waals surface area contributed by atoms with Gasteiger partial charge < -0.3 is 90.5 Å². The minimum absolute atomic E-state index is 0.0772. The first-order chi connectivity index (χ1) is 23.1. The van der Waals surface area contributed by atoms with E-state index in [4.69, 9.17) is 23.7 Å². The molecule has 2 aliphatic heterocycles. The van der Waals surface area contributed by atoms with Crippen LogP contribution >= 0.6 is 0 Å². The molecule has 20 nitrogen and oxygen atoms in total. The van der Waals surface area contributed by atoms with E-state index < -0.39 is 155 Å². The van der Waals surface area contributed by atoms with Gasteiger partial charge in [-0.25, -0.2) is 0 Å². The molecule has 9 unspecified atom stereocenters. The van der Waals surface area contributed by atoms with Gasteiger partial charge in [0.1, 0.15) is 67.2 Å². The van der Waals surface area contributed by atoms with Crippen molar-refractivity contribution in [2.24, 2.45) is 5.92 Å². The molecule has 0 aromatic rings. The quantitative estimate of drug-likeness (QED) is 0.0622. The van der Waals surface area contributed by atoms with Crippen LogP contribution < -0.4 is 10.6 Å². The molecule has 13 N–H and O–H groups in total. The van der Waals surface area contributed by atoms with E-state index in [1.807, 2.05) is 0 Å². The van der Waals surface area contributed by atoms with Crippen LogP contribution in [0.1, 0.15) is 33.1 Å². The summed E-state index contributed by atoms with van der Waals surface area (Å²) in [6.07, 6.45) is -21.6. The summed E-state index contributed by atoms with van der Waals surface area (Å²) in [4.78, 5) is 24.3. The van der Waals surface area contributed by atoms with E-state index >= 15 is 0 Å². The van der Waals surface area contributed by atoms with Crippen LogP contribution in [0.4, 0.5) is 0 Å². The highest BCUT2D eigenvalue weighted by atomic mass is 16.7. The van der Waals surface area contributed by atoms with Gasteiger partial charge in [-0.3, -0.25) is 9.59 Å². The fourth-order valence-corrected chi connectivity index (χ4v) is 6.40. The summed E-state index contributed by atoms with van der Waals surface area (Å²) in [6, 6.07) is -1.39. The molecule has 3 fully saturated rings. The Morgan fingerprint density at radius 2 is 1.45 bits per heavy atom. The molecule has 286 valence electrons. The topological polar surface area (TPSA) is 327 Å². The molecule has 0 radical (unpaired) electrons. The predicted molar refractivity (Wildman–Crippen MR) is 160 cm³/mol. The fourth-order valence-electron chi connectivity index (χ4n) is 6.40. The number of carbonyl (C=O) groups is 2. The van der Waals surface area contributed by atoms with Crippen molar-refractivity contribution in [3.63, 3.8) is 0 Å². The SMILES string of the molecule is CC(=O)N[C@H]1C(OC2C(O)C[C@H](O)C[C@H]2CO)O[C@H](CO)C(O[C@@H](CC(O)C(OC[C@@H]2O[C@H](CO)C(O)C2O)[C@@H](O)CO)NC(C)=O)C1O. The zero-order valence-corrected chi connectivity index (χ0v) is 27.2. The van der Waals surface area contributed by atoms with Crippen LogP contribution in [0.15, 0.2) is 0 Å². The Morgan fingerprint density at radius 1 is 0.796 bits per heavy atom. The van der Waals surface area contributed by atoms with Gasteiger partial charge in [-0.1, -0.05) is 0 Å². The van der Waals surface area contributed by atoms with Crippen molar-refractivity contribution in [3.05, 3.63) is 0 Å². The third-order valence-electron chi connectivity index (χ3n) is 8.86. The smallest absolute Gasteiger partial charge is 0.218 e. The molecule has 49 heavy (non-hydrogen) atoms. The molecule has 20 heteroatoms. The summed E-state index contributed by atoms with van der Waals surface area (Å²) < 4.78 is 28.6. The van der Waals surface area contributed by atoms with Gasteiger partial charge in [0.15, 0.2) is 6.29 Å². The van der Waals surface area contributed by atoms with Crippen molar-refractivity contribution in [1.29, 1.82) is 0 Å². The van der Waals surface area contributed by atoms with E-state index in [2.05, 4.69) is 10.6 Å². The number of nitrogens with one attached hydrogen (secondary N) is 2. The molecule has 1 aliphatic carbocycles. The average Bonchev–Trinajstić information content (AvgIpc) is 3.32. The third kappa shape index (κ3) is 10.9. The zero-order valence-electron chi connectivity index (χ0n) is 27.2. The van der Waals surface area contributed by atoms with E-state index in [9.17, 15) is 65.8 Å². The summed E-state index contributed by atoms with van der Waals surface area (Å²) >= 11 is 0. The summed E-state index contributed by atoms with van der Waals surface area (Å²) in [5.41, 5.74) is 0. The maximum Gasteiger partial charge on any atom is 0.218 e. The molecule has 0 aromatic carbocycles. The lowest BCUT2D eigenvalue weighted by atomic mass is 9.83. The first-order valence-corrected chi connectivity index (χ1v) is 16.1. The van der Waals surface area contributed by atoms with Gasteiger partial charge in [-0.15, -0.1) is 0 Å². The van der Waals surface area contributed by atoms with E-state index in [0.717, 1.165) is 13.8 Å².